The Morgan fingerprint density at radius 3 is 2.21 bits per heavy atom. The largest absolute Gasteiger partial charge is 0.496 e. The highest BCUT2D eigenvalue weighted by molar-refractivity contribution is 9.10. The number of hydrogen-bond acceptors (Lipinski definition) is 1. The van der Waals surface area contributed by atoms with Crippen LogP contribution in [-0.2, 0) is 5.41 Å². The Labute approximate surface area is 94.6 Å². The molecule has 0 saturated carbocycles. The fourth-order valence-corrected chi connectivity index (χ4v) is 1.75. The summed E-state index contributed by atoms with van der Waals surface area (Å²) in [6, 6.07) is 4.22. The lowest BCUT2D eigenvalue weighted by atomic mass is 9.86. The smallest absolute Gasteiger partial charge is 0.122 e. The first kappa shape index (κ1) is 11.6. The van der Waals surface area contributed by atoms with Crippen molar-refractivity contribution in [2.45, 2.75) is 33.1 Å². The summed E-state index contributed by atoms with van der Waals surface area (Å²) in [5.41, 5.74) is 2.55. The number of hydrogen-bond donors (Lipinski definition) is 0. The monoisotopic (exact) mass is 256 g/mol. The number of methoxy groups -OCH3 is 1. The Bertz CT molecular complexity index is 337. The minimum absolute atomic E-state index is 0.113. The molecule has 0 fully saturated rings. The minimum Gasteiger partial charge on any atom is -0.496 e. The lowest BCUT2D eigenvalue weighted by Crippen LogP contribution is -2.13. The van der Waals surface area contributed by atoms with Gasteiger partial charge < -0.3 is 4.74 Å². The van der Waals surface area contributed by atoms with Gasteiger partial charge in [-0.15, -0.1) is 0 Å². The zero-order valence-electron chi connectivity index (χ0n) is 9.44. The lowest BCUT2D eigenvalue weighted by molar-refractivity contribution is 0.397. The number of benzene rings is 1. The molecule has 0 bridgehead atoms. The predicted octanol–water partition coefficient (Wildman–Crippen LogP) is 4.06. The van der Waals surface area contributed by atoms with E-state index in [9.17, 15) is 0 Å². The van der Waals surface area contributed by atoms with Crippen molar-refractivity contribution in [2.75, 3.05) is 7.11 Å². The zero-order valence-corrected chi connectivity index (χ0v) is 11.0. The second kappa shape index (κ2) is 3.93. The molecular weight excluding hydrogens is 240 g/mol. The van der Waals surface area contributed by atoms with Crippen LogP contribution in [0.4, 0.5) is 0 Å². The van der Waals surface area contributed by atoms with E-state index in [-0.39, 0.29) is 5.41 Å². The van der Waals surface area contributed by atoms with Crippen molar-refractivity contribution in [3.63, 3.8) is 0 Å². The van der Waals surface area contributed by atoms with Crippen molar-refractivity contribution < 1.29 is 4.74 Å². The first-order valence-corrected chi connectivity index (χ1v) is 5.50. The molecule has 0 heterocycles. The van der Waals surface area contributed by atoms with Crippen LogP contribution in [0.2, 0.25) is 0 Å². The van der Waals surface area contributed by atoms with E-state index in [4.69, 9.17) is 4.74 Å². The average molecular weight is 257 g/mol. The molecule has 1 aromatic carbocycles. The van der Waals surface area contributed by atoms with Crippen LogP contribution in [0, 0.1) is 6.92 Å². The molecule has 1 rings (SSSR count). The van der Waals surface area contributed by atoms with E-state index < -0.39 is 0 Å². The van der Waals surface area contributed by atoms with Crippen molar-refractivity contribution in [1.82, 2.24) is 0 Å². The lowest BCUT2D eigenvalue weighted by Gasteiger charge is -2.23. The van der Waals surface area contributed by atoms with Crippen LogP contribution in [0.15, 0.2) is 16.6 Å². The number of ether oxygens (including phenoxy) is 1. The summed E-state index contributed by atoms with van der Waals surface area (Å²) >= 11 is 3.55. The molecule has 0 atom stereocenters. The van der Waals surface area contributed by atoms with Crippen LogP contribution >= 0.6 is 15.9 Å². The Kier molecular flexibility index (Phi) is 3.25. The summed E-state index contributed by atoms with van der Waals surface area (Å²) in [4.78, 5) is 0. The summed E-state index contributed by atoms with van der Waals surface area (Å²) in [5.74, 6) is 0.971. The van der Waals surface area contributed by atoms with E-state index >= 15 is 0 Å². The van der Waals surface area contributed by atoms with Crippen LogP contribution in [0.5, 0.6) is 5.75 Å². The van der Waals surface area contributed by atoms with Gasteiger partial charge >= 0.3 is 0 Å². The van der Waals surface area contributed by atoms with Gasteiger partial charge in [0.05, 0.1) is 7.11 Å². The molecule has 1 nitrogen and oxygen atoms in total. The van der Waals surface area contributed by atoms with Gasteiger partial charge in [0.15, 0.2) is 0 Å². The highest BCUT2D eigenvalue weighted by Gasteiger charge is 2.19. The molecule has 0 saturated heterocycles. The standard InChI is InChI=1S/C12H17BrO/c1-8-6-11(14-5)9(7-10(8)13)12(2,3)4/h6-7H,1-5H3. The SMILES string of the molecule is COc1cc(C)c(Br)cc1C(C)(C)C. The van der Waals surface area contributed by atoms with E-state index in [2.05, 4.69) is 55.8 Å². The molecule has 0 amide bonds. The maximum Gasteiger partial charge on any atom is 0.122 e. The molecule has 78 valence electrons. The molecule has 0 aliphatic carbocycles. The van der Waals surface area contributed by atoms with Crippen LogP contribution in [0.25, 0.3) is 0 Å². The molecule has 14 heavy (non-hydrogen) atoms. The molecule has 0 aliphatic heterocycles. The Morgan fingerprint density at radius 2 is 1.79 bits per heavy atom. The Hall–Kier alpha value is -0.500. The molecule has 0 spiro atoms. The molecule has 0 radical (unpaired) electrons. The molecule has 0 N–H and O–H groups in total. The fraction of sp³-hybridized carbons (Fsp3) is 0.500. The van der Waals surface area contributed by atoms with E-state index in [0.717, 1.165) is 10.2 Å². The molecular formula is C12H17BrO. The van der Waals surface area contributed by atoms with Crippen LogP contribution < -0.4 is 4.74 Å². The van der Waals surface area contributed by atoms with Crippen molar-refractivity contribution in [3.05, 3.63) is 27.7 Å². The van der Waals surface area contributed by atoms with Gasteiger partial charge in [0.1, 0.15) is 5.75 Å². The summed E-state index contributed by atoms with van der Waals surface area (Å²) in [7, 11) is 1.72. The van der Waals surface area contributed by atoms with E-state index in [0.29, 0.717) is 0 Å². The normalized spacial score (nSPS) is 11.6. The van der Waals surface area contributed by atoms with Gasteiger partial charge in [-0.25, -0.2) is 0 Å². The Morgan fingerprint density at radius 1 is 1.21 bits per heavy atom. The maximum atomic E-state index is 5.39. The van der Waals surface area contributed by atoms with Gasteiger partial charge in [0.2, 0.25) is 0 Å². The first-order valence-electron chi connectivity index (χ1n) is 4.71. The van der Waals surface area contributed by atoms with Crippen molar-refractivity contribution in [1.29, 1.82) is 0 Å². The maximum absolute atomic E-state index is 5.39. The van der Waals surface area contributed by atoms with E-state index in [1.165, 1.54) is 11.1 Å². The molecule has 2 heteroatoms. The third-order valence-corrected chi connectivity index (χ3v) is 3.14. The van der Waals surface area contributed by atoms with Gasteiger partial charge in [0.25, 0.3) is 0 Å². The summed E-state index contributed by atoms with van der Waals surface area (Å²) < 4.78 is 6.53. The van der Waals surface area contributed by atoms with Crippen LogP contribution in [-0.4, -0.2) is 7.11 Å². The highest BCUT2D eigenvalue weighted by Crippen LogP contribution is 2.35. The quantitative estimate of drug-likeness (QED) is 0.737. The average Bonchev–Trinajstić information content (AvgIpc) is 2.07. The van der Waals surface area contributed by atoms with Gasteiger partial charge in [-0.3, -0.25) is 0 Å². The van der Waals surface area contributed by atoms with Gasteiger partial charge in [-0.05, 0) is 30.0 Å². The van der Waals surface area contributed by atoms with Crippen LogP contribution in [0.1, 0.15) is 31.9 Å². The first-order chi connectivity index (χ1) is 6.36. The van der Waals surface area contributed by atoms with Gasteiger partial charge in [-0.2, -0.15) is 0 Å². The topological polar surface area (TPSA) is 9.23 Å². The third-order valence-electron chi connectivity index (χ3n) is 2.29. The summed E-state index contributed by atoms with van der Waals surface area (Å²) in [5, 5.41) is 0. The van der Waals surface area contributed by atoms with Crippen molar-refractivity contribution in [3.8, 4) is 5.75 Å². The minimum atomic E-state index is 0.113. The van der Waals surface area contributed by atoms with Gasteiger partial charge in [0, 0.05) is 10.0 Å². The predicted molar refractivity (Wildman–Crippen MR) is 64.1 cm³/mol. The number of aryl methyl sites for hydroxylation is 1. The van der Waals surface area contributed by atoms with E-state index in [1.54, 1.807) is 7.11 Å². The summed E-state index contributed by atoms with van der Waals surface area (Å²) in [6.45, 7) is 8.63. The highest BCUT2D eigenvalue weighted by atomic mass is 79.9. The fourth-order valence-electron chi connectivity index (χ4n) is 1.41. The molecule has 0 aromatic heterocycles. The second-order valence-corrected chi connectivity index (χ2v) is 5.41. The Balaban J connectivity index is 3.35. The van der Waals surface area contributed by atoms with Crippen LogP contribution in [0.3, 0.4) is 0 Å². The van der Waals surface area contributed by atoms with Gasteiger partial charge in [-0.1, -0.05) is 36.7 Å². The third kappa shape index (κ3) is 2.30. The van der Waals surface area contributed by atoms with Crippen molar-refractivity contribution in [2.24, 2.45) is 0 Å². The molecule has 0 unspecified atom stereocenters. The summed E-state index contributed by atoms with van der Waals surface area (Å²) in [6.07, 6.45) is 0. The second-order valence-electron chi connectivity index (χ2n) is 4.55. The number of rotatable bonds is 1. The molecule has 1 aromatic rings. The van der Waals surface area contributed by atoms with E-state index in [1.807, 2.05) is 0 Å². The number of halogens is 1. The zero-order chi connectivity index (χ0) is 10.9. The molecule has 0 aliphatic rings. The van der Waals surface area contributed by atoms with Crippen molar-refractivity contribution >= 4 is 15.9 Å².